The summed E-state index contributed by atoms with van der Waals surface area (Å²) in [6.45, 7) is 4.04. The highest BCUT2D eigenvalue weighted by molar-refractivity contribution is 5.82. The Labute approximate surface area is 100 Å². The van der Waals surface area contributed by atoms with Gasteiger partial charge in [-0.1, -0.05) is 13.3 Å². The van der Waals surface area contributed by atoms with E-state index in [9.17, 15) is 4.79 Å². The molecule has 2 rings (SSSR count). The second-order valence-corrected chi connectivity index (χ2v) is 4.16. The lowest BCUT2D eigenvalue weighted by Gasteiger charge is -2.09. The van der Waals surface area contributed by atoms with E-state index in [1.807, 2.05) is 6.92 Å². The molecular formula is C14H16O3. The van der Waals surface area contributed by atoms with E-state index in [-0.39, 0.29) is 5.63 Å². The van der Waals surface area contributed by atoms with Gasteiger partial charge >= 0.3 is 5.63 Å². The van der Waals surface area contributed by atoms with Gasteiger partial charge in [0.05, 0.1) is 7.11 Å². The van der Waals surface area contributed by atoms with Crippen molar-refractivity contribution in [1.29, 1.82) is 0 Å². The van der Waals surface area contributed by atoms with Crippen molar-refractivity contribution < 1.29 is 9.15 Å². The van der Waals surface area contributed by atoms with Gasteiger partial charge in [-0.15, -0.1) is 0 Å². The van der Waals surface area contributed by atoms with Crippen LogP contribution in [-0.4, -0.2) is 7.11 Å². The third-order valence-corrected chi connectivity index (χ3v) is 2.87. The van der Waals surface area contributed by atoms with Gasteiger partial charge in [0, 0.05) is 17.5 Å². The second-order valence-electron chi connectivity index (χ2n) is 4.16. The van der Waals surface area contributed by atoms with Crippen LogP contribution in [0.5, 0.6) is 5.75 Å². The van der Waals surface area contributed by atoms with Crippen molar-refractivity contribution >= 4 is 11.0 Å². The second kappa shape index (κ2) is 4.62. The summed E-state index contributed by atoms with van der Waals surface area (Å²) in [7, 11) is 1.63. The molecule has 3 nitrogen and oxygen atoms in total. The first-order valence-electron chi connectivity index (χ1n) is 5.77. The maximum Gasteiger partial charge on any atom is 0.336 e. The summed E-state index contributed by atoms with van der Waals surface area (Å²) in [5, 5.41) is 0.980. The molecule has 0 radical (unpaired) electrons. The first kappa shape index (κ1) is 11.7. The van der Waals surface area contributed by atoms with Crippen molar-refractivity contribution in [1.82, 2.24) is 0 Å². The van der Waals surface area contributed by atoms with Crippen LogP contribution >= 0.6 is 0 Å². The van der Waals surface area contributed by atoms with Crippen LogP contribution in [0.15, 0.2) is 27.4 Å². The molecule has 1 heterocycles. The van der Waals surface area contributed by atoms with Crippen molar-refractivity contribution in [3.63, 3.8) is 0 Å². The summed E-state index contributed by atoms with van der Waals surface area (Å²) >= 11 is 0. The molecule has 0 unspecified atom stereocenters. The van der Waals surface area contributed by atoms with Crippen LogP contribution in [0, 0.1) is 6.92 Å². The summed E-state index contributed by atoms with van der Waals surface area (Å²) in [5.74, 6) is 0.785. The number of hydrogen-bond acceptors (Lipinski definition) is 3. The van der Waals surface area contributed by atoms with E-state index in [0.29, 0.717) is 5.58 Å². The predicted molar refractivity (Wildman–Crippen MR) is 67.8 cm³/mol. The van der Waals surface area contributed by atoms with Crippen LogP contribution in [-0.2, 0) is 6.42 Å². The molecule has 0 aliphatic heterocycles. The van der Waals surface area contributed by atoms with Gasteiger partial charge in [-0.2, -0.15) is 0 Å². The lowest BCUT2D eigenvalue weighted by atomic mass is 10.0. The van der Waals surface area contributed by atoms with Gasteiger partial charge in [-0.05, 0) is 30.5 Å². The molecule has 1 aromatic heterocycles. The Morgan fingerprint density at radius 3 is 2.71 bits per heavy atom. The maximum atomic E-state index is 11.3. The van der Waals surface area contributed by atoms with Crippen molar-refractivity contribution in [3.05, 3.63) is 39.7 Å². The minimum absolute atomic E-state index is 0.319. The highest BCUT2D eigenvalue weighted by Gasteiger charge is 2.09. The Balaban J connectivity index is 2.73. The van der Waals surface area contributed by atoms with Crippen LogP contribution < -0.4 is 10.4 Å². The number of aryl methyl sites for hydroxylation is 2. The summed E-state index contributed by atoms with van der Waals surface area (Å²) in [5.41, 5.74) is 2.36. The zero-order chi connectivity index (χ0) is 12.4. The number of methoxy groups -OCH3 is 1. The lowest BCUT2D eigenvalue weighted by molar-refractivity contribution is 0.408. The van der Waals surface area contributed by atoms with E-state index in [2.05, 4.69) is 13.0 Å². The number of benzene rings is 1. The van der Waals surface area contributed by atoms with E-state index in [1.165, 1.54) is 6.07 Å². The fourth-order valence-corrected chi connectivity index (χ4v) is 2.05. The van der Waals surface area contributed by atoms with Crippen LogP contribution in [0.2, 0.25) is 0 Å². The van der Waals surface area contributed by atoms with Gasteiger partial charge in [0.2, 0.25) is 0 Å². The van der Waals surface area contributed by atoms with Crippen LogP contribution in [0.4, 0.5) is 0 Å². The van der Waals surface area contributed by atoms with E-state index in [4.69, 9.17) is 9.15 Å². The summed E-state index contributed by atoms with van der Waals surface area (Å²) in [4.78, 5) is 11.3. The third-order valence-electron chi connectivity index (χ3n) is 2.87. The average Bonchev–Trinajstić information content (AvgIpc) is 2.29. The van der Waals surface area contributed by atoms with Crippen molar-refractivity contribution in [2.24, 2.45) is 0 Å². The number of hydrogen-bond donors (Lipinski definition) is 0. The van der Waals surface area contributed by atoms with E-state index in [1.54, 1.807) is 13.2 Å². The zero-order valence-electron chi connectivity index (χ0n) is 10.4. The molecule has 0 aliphatic carbocycles. The molecule has 0 bridgehead atoms. The quantitative estimate of drug-likeness (QED) is 0.763. The van der Waals surface area contributed by atoms with Crippen molar-refractivity contribution in [3.8, 4) is 5.75 Å². The SMILES string of the molecule is CCCc1cc2c(C)cc(=O)oc2cc1OC. The van der Waals surface area contributed by atoms with E-state index in [0.717, 1.165) is 35.1 Å². The molecule has 0 fully saturated rings. The largest absolute Gasteiger partial charge is 0.496 e. The smallest absolute Gasteiger partial charge is 0.336 e. The standard InChI is InChI=1S/C14H16O3/c1-4-5-10-7-11-9(2)6-14(15)17-13(11)8-12(10)16-3/h6-8H,4-5H2,1-3H3. The topological polar surface area (TPSA) is 39.4 Å². The molecule has 0 atom stereocenters. The molecule has 1 aromatic carbocycles. The first-order valence-corrected chi connectivity index (χ1v) is 5.77. The summed E-state index contributed by atoms with van der Waals surface area (Å²) < 4.78 is 10.5. The molecule has 3 heteroatoms. The van der Waals surface area contributed by atoms with Gasteiger partial charge in [0.25, 0.3) is 0 Å². The molecule has 0 amide bonds. The number of rotatable bonds is 3. The van der Waals surface area contributed by atoms with Gasteiger partial charge in [0.15, 0.2) is 0 Å². The van der Waals surface area contributed by atoms with Crippen LogP contribution in [0.3, 0.4) is 0 Å². The van der Waals surface area contributed by atoms with E-state index >= 15 is 0 Å². The Bertz CT molecular complexity index is 596. The lowest BCUT2D eigenvalue weighted by Crippen LogP contribution is -1.99. The fraction of sp³-hybridized carbons (Fsp3) is 0.357. The maximum absolute atomic E-state index is 11.3. The monoisotopic (exact) mass is 232 g/mol. The molecular weight excluding hydrogens is 216 g/mol. The predicted octanol–water partition coefficient (Wildman–Crippen LogP) is 3.06. The number of ether oxygens (including phenoxy) is 1. The molecule has 0 spiro atoms. The third kappa shape index (κ3) is 2.18. The average molecular weight is 232 g/mol. The molecule has 0 aliphatic rings. The van der Waals surface area contributed by atoms with Gasteiger partial charge in [-0.25, -0.2) is 4.79 Å². The molecule has 0 N–H and O–H groups in total. The number of fused-ring (bicyclic) bond motifs is 1. The molecule has 2 aromatic rings. The summed E-state index contributed by atoms with van der Waals surface area (Å²) in [6.07, 6.45) is 2.01. The van der Waals surface area contributed by atoms with Crippen molar-refractivity contribution in [2.45, 2.75) is 26.7 Å². The molecule has 0 saturated heterocycles. The van der Waals surface area contributed by atoms with Gasteiger partial charge in [-0.3, -0.25) is 0 Å². The first-order chi connectivity index (χ1) is 8.15. The summed E-state index contributed by atoms with van der Waals surface area (Å²) in [6, 6.07) is 5.37. The highest BCUT2D eigenvalue weighted by atomic mass is 16.5. The Kier molecular flexibility index (Phi) is 3.18. The highest BCUT2D eigenvalue weighted by Crippen LogP contribution is 2.27. The Hall–Kier alpha value is -1.77. The minimum Gasteiger partial charge on any atom is -0.496 e. The van der Waals surface area contributed by atoms with Gasteiger partial charge < -0.3 is 9.15 Å². The van der Waals surface area contributed by atoms with Crippen molar-refractivity contribution in [2.75, 3.05) is 7.11 Å². The molecule has 90 valence electrons. The molecule has 0 saturated carbocycles. The van der Waals surface area contributed by atoms with Crippen LogP contribution in [0.1, 0.15) is 24.5 Å². The fourth-order valence-electron chi connectivity index (χ4n) is 2.05. The van der Waals surface area contributed by atoms with Gasteiger partial charge in [0.1, 0.15) is 11.3 Å². The normalized spacial score (nSPS) is 10.8. The minimum atomic E-state index is -0.319. The Morgan fingerprint density at radius 1 is 1.29 bits per heavy atom. The zero-order valence-corrected chi connectivity index (χ0v) is 10.4. The Morgan fingerprint density at radius 2 is 2.06 bits per heavy atom. The molecule has 17 heavy (non-hydrogen) atoms. The van der Waals surface area contributed by atoms with E-state index < -0.39 is 0 Å². The van der Waals surface area contributed by atoms with Crippen LogP contribution in [0.25, 0.3) is 11.0 Å².